The predicted octanol–water partition coefficient (Wildman–Crippen LogP) is 3.45. The summed E-state index contributed by atoms with van der Waals surface area (Å²) >= 11 is 6.02. The average molecular weight is 338 g/mol. The number of nitrogens with zero attached hydrogens (tertiary/aromatic N) is 1. The third-order valence-corrected chi connectivity index (χ3v) is 5.17. The molecule has 1 amide bonds. The first kappa shape index (κ1) is 16.7. The maximum atomic E-state index is 12.8. The molecule has 5 heteroatoms. The van der Waals surface area contributed by atoms with E-state index in [0.29, 0.717) is 25.7 Å². The Balaban J connectivity index is 1.81. The van der Waals surface area contributed by atoms with Crippen LogP contribution in [0.25, 0.3) is 0 Å². The Morgan fingerprint density at radius 2 is 1.91 bits per heavy atom. The molecule has 23 heavy (non-hydrogen) atoms. The van der Waals surface area contributed by atoms with Crippen molar-refractivity contribution in [2.24, 2.45) is 5.92 Å². The smallest absolute Gasteiger partial charge is 0.254 e. The van der Waals surface area contributed by atoms with Gasteiger partial charge in [-0.15, -0.1) is 0 Å². The summed E-state index contributed by atoms with van der Waals surface area (Å²) in [7, 11) is 1.89. The van der Waals surface area contributed by atoms with Crippen LogP contribution < -0.4 is 0 Å². The minimum absolute atomic E-state index is 0.0107. The van der Waals surface area contributed by atoms with Crippen molar-refractivity contribution in [2.45, 2.75) is 37.8 Å². The lowest BCUT2D eigenvalue weighted by atomic mass is 9.90. The van der Waals surface area contributed by atoms with Crippen molar-refractivity contribution in [3.8, 4) is 0 Å². The highest BCUT2D eigenvalue weighted by Gasteiger charge is 2.35. The van der Waals surface area contributed by atoms with Crippen molar-refractivity contribution in [1.82, 2.24) is 4.90 Å². The zero-order chi connectivity index (χ0) is 16.2. The molecule has 1 saturated heterocycles. The summed E-state index contributed by atoms with van der Waals surface area (Å²) in [5, 5.41) is 0.719. The lowest BCUT2D eigenvalue weighted by Gasteiger charge is -2.36. The number of benzene rings is 1. The third kappa shape index (κ3) is 3.87. The molecular weight excluding hydrogens is 314 g/mol. The van der Waals surface area contributed by atoms with E-state index < -0.39 is 6.10 Å². The Kier molecular flexibility index (Phi) is 5.57. The zero-order valence-corrected chi connectivity index (χ0v) is 14.3. The summed E-state index contributed by atoms with van der Waals surface area (Å²) in [5.41, 5.74) is 1.15. The molecule has 126 valence electrons. The van der Waals surface area contributed by atoms with Gasteiger partial charge in [-0.3, -0.25) is 4.79 Å². The van der Waals surface area contributed by atoms with Gasteiger partial charge < -0.3 is 14.4 Å². The molecule has 1 saturated carbocycles. The monoisotopic (exact) mass is 337 g/mol. The van der Waals surface area contributed by atoms with Crippen LogP contribution in [0.3, 0.4) is 0 Å². The van der Waals surface area contributed by atoms with E-state index in [0.717, 1.165) is 23.4 Å². The Morgan fingerprint density at radius 3 is 2.52 bits per heavy atom. The molecule has 1 aliphatic carbocycles. The molecule has 1 aliphatic heterocycles. The van der Waals surface area contributed by atoms with Crippen LogP contribution in [0.5, 0.6) is 0 Å². The molecule has 2 aliphatic rings. The summed E-state index contributed by atoms with van der Waals surface area (Å²) < 4.78 is 11.0. The van der Waals surface area contributed by atoms with Crippen molar-refractivity contribution in [3.05, 3.63) is 34.9 Å². The lowest BCUT2D eigenvalue weighted by Crippen LogP contribution is -2.46. The first-order chi connectivity index (χ1) is 11.2. The van der Waals surface area contributed by atoms with Crippen molar-refractivity contribution in [3.63, 3.8) is 0 Å². The molecular formula is C18H24ClNO3. The molecule has 0 bridgehead atoms. The predicted molar refractivity (Wildman–Crippen MR) is 89.5 cm³/mol. The van der Waals surface area contributed by atoms with Gasteiger partial charge in [-0.2, -0.15) is 0 Å². The Labute approximate surface area is 142 Å². The van der Waals surface area contributed by atoms with Gasteiger partial charge in [-0.05, 0) is 36.5 Å². The van der Waals surface area contributed by atoms with Gasteiger partial charge in [0.1, 0.15) is 0 Å². The summed E-state index contributed by atoms with van der Waals surface area (Å²) in [6.07, 6.45) is 4.31. The second kappa shape index (κ2) is 7.65. The molecule has 0 aromatic heterocycles. The van der Waals surface area contributed by atoms with Crippen LogP contribution >= 0.6 is 11.6 Å². The zero-order valence-electron chi connectivity index (χ0n) is 13.5. The normalized spacial score (nSPS) is 23.7. The molecule has 2 atom stereocenters. The van der Waals surface area contributed by atoms with Crippen LogP contribution in [0.15, 0.2) is 24.3 Å². The first-order valence-corrected chi connectivity index (χ1v) is 8.76. The van der Waals surface area contributed by atoms with Gasteiger partial charge >= 0.3 is 0 Å². The van der Waals surface area contributed by atoms with Gasteiger partial charge in [0.05, 0.1) is 25.9 Å². The molecule has 1 heterocycles. The highest BCUT2D eigenvalue weighted by atomic mass is 35.5. The standard InChI is InChI=1S/C18H24ClNO3/c1-20(18(21)16-12-22-10-11-23-16)17(13-4-2-3-5-13)14-6-8-15(19)9-7-14/h6-9,13,16-17H,2-5,10-12H2,1H3/t16-,17+/m1/s1. The largest absolute Gasteiger partial charge is 0.376 e. The van der Waals surface area contributed by atoms with E-state index in [1.807, 2.05) is 36.2 Å². The van der Waals surface area contributed by atoms with Crippen LogP contribution in [0.4, 0.5) is 0 Å². The van der Waals surface area contributed by atoms with E-state index in [1.54, 1.807) is 0 Å². The Hall–Kier alpha value is -1.10. The van der Waals surface area contributed by atoms with Crippen molar-refractivity contribution in [1.29, 1.82) is 0 Å². The molecule has 2 fully saturated rings. The fourth-order valence-electron chi connectivity index (χ4n) is 3.74. The van der Waals surface area contributed by atoms with Crippen LogP contribution in [-0.4, -0.2) is 43.8 Å². The quantitative estimate of drug-likeness (QED) is 0.844. The van der Waals surface area contributed by atoms with E-state index in [2.05, 4.69) is 0 Å². The lowest BCUT2D eigenvalue weighted by molar-refractivity contribution is -0.159. The fourth-order valence-corrected chi connectivity index (χ4v) is 3.87. The summed E-state index contributed by atoms with van der Waals surface area (Å²) in [6, 6.07) is 7.95. The van der Waals surface area contributed by atoms with Crippen molar-refractivity contribution >= 4 is 17.5 Å². The van der Waals surface area contributed by atoms with Crippen LogP contribution in [-0.2, 0) is 14.3 Å². The van der Waals surface area contributed by atoms with Crippen LogP contribution in [0.2, 0.25) is 5.02 Å². The maximum absolute atomic E-state index is 12.8. The molecule has 1 aromatic rings. The number of rotatable bonds is 4. The van der Waals surface area contributed by atoms with Crippen molar-refractivity contribution in [2.75, 3.05) is 26.9 Å². The fraction of sp³-hybridized carbons (Fsp3) is 0.611. The number of ether oxygens (including phenoxy) is 2. The molecule has 4 nitrogen and oxygen atoms in total. The molecule has 0 spiro atoms. The maximum Gasteiger partial charge on any atom is 0.254 e. The SMILES string of the molecule is CN(C(=O)[C@H]1COCCO1)[C@H](c1ccc(Cl)cc1)C1CCCC1. The van der Waals surface area contributed by atoms with Gasteiger partial charge in [0.25, 0.3) is 5.91 Å². The number of hydrogen-bond donors (Lipinski definition) is 0. The van der Waals surface area contributed by atoms with E-state index in [1.165, 1.54) is 12.8 Å². The Bertz CT molecular complexity index is 522. The molecule has 0 radical (unpaired) electrons. The second-order valence-corrected chi connectivity index (χ2v) is 6.86. The van der Waals surface area contributed by atoms with E-state index in [-0.39, 0.29) is 11.9 Å². The minimum Gasteiger partial charge on any atom is -0.376 e. The van der Waals surface area contributed by atoms with Gasteiger partial charge in [-0.25, -0.2) is 0 Å². The van der Waals surface area contributed by atoms with E-state index in [9.17, 15) is 4.79 Å². The van der Waals surface area contributed by atoms with Crippen LogP contribution in [0.1, 0.15) is 37.3 Å². The molecule has 0 unspecified atom stereocenters. The summed E-state index contributed by atoms with van der Waals surface area (Å²) in [5.74, 6) is 0.506. The van der Waals surface area contributed by atoms with E-state index >= 15 is 0 Å². The minimum atomic E-state index is -0.482. The van der Waals surface area contributed by atoms with Gasteiger partial charge in [0, 0.05) is 12.1 Å². The van der Waals surface area contributed by atoms with Gasteiger partial charge in [0.15, 0.2) is 6.10 Å². The second-order valence-electron chi connectivity index (χ2n) is 6.42. The Morgan fingerprint density at radius 1 is 1.22 bits per heavy atom. The summed E-state index contributed by atoms with van der Waals surface area (Å²) in [6.45, 7) is 1.40. The van der Waals surface area contributed by atoms with Gasteiger partial charge in [-0.1, -0.05) is 36.6 Å². The number of likely N-dealkylation sites (N-methyl/N-ethyl adjacent to an activating group) is 1. The number of halogens is 1. The third-order valence-electron chi connectivity index (χ3n) is 4.91. The van der Waals surface area contributed by atoms with Gasteiger partial charge in [0.2, 0.25) is 0 Å². The number of amides is 1. The average Bonchev–Trinajstić information content (AvgIpc) is 3.11. The summed E-state index contributed by atoms with van der Waals surface area (Å²) in [4.78, 5) is 14.7. The topological polar surface area (TPSA) is 38.8 Å². The van der Waals surface area contributed by atoms with Crippen LogP contribution in [0, 0.1) is 5.92 Å². The number of carbonyl (C=O) groups is 1. The van der Waals surface area contributed by atoms with Crippen molar-refractivity contribution < 1.29 is 14.3 Å². The number of carbonyl (C=O) groups excluding carboxylic acids is 1. The highest BCUT2D eigenvalue weighted by Crippen LogP contribution is 2.39. The molecule has 0 N–H and O–H groups in total. The number of hydrogen-bond acceptors (Lipinski definition) is 3. The first-order valence-electron chi connectivity index (χ1n) is 8.38. The highest BCUT2D eigenvalue weighted by molar-refractivity contribution is 6.30. The molecule has 3 rings (SSSR count). The molecule has 1 aromatic carbocycles. The van der Waals surface area contributed by atoms with E-state index in [4.69, 9.17) is 21.1 Å².